The van der Waals surface area contributed by atoms with Gasteiger partial charge in [0.05, 0.1) is 30.9 Å². The molecular weight excluding hydrogens is 424 g/mol. The lowest BCUT2D eigenvalue weighted by Crippen LogP contribution is -2.35. The fraction of sp³-hybridized carbons (Fsp3) is 0.292. The van der Waals surface area contributed by atoms with Crippen LogP contribution in [0.25, 0.3) is 10.2 Å². The Balaban J connectivity index is 1.60. The van der Waals surface area contributed by atoms with Gasteiger partial charge in [-0.3, -0.25) is 14.4 Å². The highest BCUT2D eigenvalue weighted by molar-refractivity contribution is 7.22. The van der Waals surface area contributed by atoms with Crippen LogP contribution < -0.4 is 14.4 Å². The van der Waals surface area contributed by atoms with E-state index in [0.29, 0.717) is 31.4 Å². The number of anilines is 1. The Bertz CT molecular complexity index is 1160. The number of hydrogen-bond acceptors (Lipinski definition) is 6. The highest BCUT2D eigenvalue weighted by atomic mass is 32.1. The minimum absolute atomic E-state index is 0.0154. The molecule has 0 spiro atoms. The van der Waals surface area contributed by atoms with E-state index in [1.54, 1.807) is 11.1 Å². The van der Waals surface area contributed by atoms with E-state index in [1.165, 1.54) is 11.3 Å². The third-order valence-electron chi connectivity index (χ3n) is 4.90. The summed E-state index contributed by atoms with van der Waals surface area (Å²) in [4.78, 5) is 19.9. The van der Waals surface area contributed by atoms with E-state index in [2.05, 4.69) is 5.10 Å². The number of amides is 1. The van der Waals surface area contributed by atoms with Crippen LogP contribution in [-0.4, -0.2) is 40.4 Å². The molecule has 0 saturated heterocycles. The van der Waals surface area contributed by atoms with Gasteiger partial charge in [-0.1, -0.05) is 29.5 Å². The van der Waals surface area contributed by atoms with Crippen molar-refractivity contribution < 1.29 is 14.3 Å². The van der Waals surface area contributed by atoms with Crippen LogP contribution in [0.2, 0.25) is 0 Å². The minimum Gasteiger partial charge on any atom is -0.494 e. The van der Waals surface area contributed by atoms with Gasteiger partial charge in [-0.25, -0.2) is 4.98 Å². The lowest BCUT2D eigenvalue weighted by molar-refractivity contribution is -0.118. The molecule has 0 radical (unpaired) electrons. The van der Waals surface area contributed by atoms with Gasteiger partial charge in [0, 0.05) is 18.9 Å². The summed E-state index contributed by atoms with van der Waals surface area (Å²) in [6.07, 6.45) is 3.90. The second-order valence-electron chi connectivity index (χ2n) is 7.10. The second kappa shape index (κ2) is 10.3. The average Bonchev–Trinajstić information content (AvgIpc) is 3.46. The van der Waals surface area contributed by atoms with Crippen molar-refractivity contribution >= 4 is 32.6 Å². The van der Waals surface area contributed by atoms with Crippen molar-refractivity contribution in [1.82, 2.24) is 14.8 Å². The van der Waals surface area contributed by atoms with E-state index in [4.69, 9.17) is 14.5 Å². The van der Waals surface area contributed by atoms with Crippen molar-refractivity contribution in [2.75, 3.05) is 24.7 Å². The topological polar surface area (TPSA) is 69.5 Å². The first-order valence-corrected chi connectivity index (χ1v) is 11.5. The van der Waals surface area contributed by atoms with Crippen molar-refractivity contribution in [2.24, 2.45) is 0 Å². The molecule has 0 atom stereocenters. The maximum atomic E-state index is 13.4. The SMILES string of the molecule is CCOc1ccc(CC(=O)N(CCn2cccn2)c2nc3c(OCC)cccc3s2)cc1. The van der Waals surface area contributed by atoms with E-state index >= 15 is 0 Å². The van der Waals surface area contributed by atoms with Crippen LogP contribution in [0.1, 0.15) is 19.4 Å². The Labute approximate surface area is 191 Å². The number of fused-ring (bicyclic) bond motifs is 1. The number of ether oxygens (including phenoxy) is 2. The van der Waals surface area contributed by atoms with Crippen LogP contribution in [-0.2, 0) is 17.8 Å². The van der Waals surface area contributed by atoms with Gasteiger partial charge in [0.25, 0.3) is 0 Å². The predicted molar refractivity (Wildman–Crippen MR) is 127 cm³/mol. The number of para-hydroxylation sites is 1. The van der Waals surface area contributed by atoms with Crippen LogP contribution in [0.3, 0.4) is 0 Å². The van der Waals surface area contributed by atoms with Crippen LogP contribution >= 0.6 is 11.3 Å². The fourth-order valence-corrected chi connectivity index (χ4v) is 4.43. The molecule has 4 aromatic rings. The molecule has 0 unspecified atom stereocenters. The summed E-state index contributed by atoms with van der Waals surface area (Å²) in [5.41, 5.74) is 1.71. The third kappa shape index (κ3) is 5.08. The van der Waals surface area contributed by atoms with Crippen LogP contribution in [0.15, 0.2) is 60.9 Å². The average molecular weight is 451 g/mol. The zero-order chi connectivity index (χ0) is 22.3. The summed E-state index contributed by atoms with van der Waals surface area (Å²) in [6.45, 7) is 6.12. The van der Waals surface area contributed by atoms with Gasteiger partial charge in [0.15, 0.2) is 5.13 Å². The first-order chi connectivity index (χ1) is 15.7. The molecule has 8 heteroatoms. The normalized spacial score (nSPS) is 10.9. The zero-order valence-corrected chi connectivity index (χ0v) is 19.0. The Hall–Kier alpha value is -3.39. The summed E-state index contributed by atoms with van der Waals surface area (Å²) in [5, 5.41) is 4.92. The van der Waals surface area contributed by atoms with Crippen molar-refractivity contribution in [2.45, 2.75) is 26.8 Å². The number of aromatic nitrogens is 3. The van der Waals surface area contributed by atoms with Gasteiger partial charge in [-0.2, -0.15) is 5.10 Å². The molecule has 0 aliphatic carbocycles. The number of thiazole rings is 1. The monoisotopic (exact) mass is 450 g/mol. The van der Waals surface area contributed by atoms with Gasteiger partial charge in [0.2, 0.25) is 5.91 Å². The number of nitrogens with zero attached hydrogens (tertiary/aromatic N) is 4. The molecule has 32 heavy (non-hydrogen) atoms. The molecule has 2 heterocycles. The van der Waals surface area contributed by atoms with Gasteiger partial charge >= 0.3 is 0 Å². The van der Waals surface area contributed by atoms with Crippen LogP contribution in [0.4, 0.5) is 5.13 Å². The Morgan fingerprint density at radius 2 is 1.88 bits per heavy atom. The Morgan fingerprint density at radius 3 is 2.59 bits per heavy atom. The van der Waals surface area contributed by atoms with E-state index in [0.717, 1.165) is 27.3 Å². The maximum absolute atomic E-state index is 13.4. The lowest BCUT2D eigenvalue weighted by atomic mass is 10.1. The molecule has 4 rings (SSSR count). The predicted octanol–water partition coefficient (Wildman–Crippen LogP) is 4.57. The first-order valence-electron chi connectivity index (χ1n) is 10.7. The smallest absolute Gasteiger partial charge is 0.233 e. The molecule has 0 aliphatic rings. The van der Waals surface area contributed by atoms with Crippen molar-refractivity contribution in [3.63, 3.8) is 0 Å². The Morgan fingerprint density at radius 1 is 1.06 bits per heavy atom. The molecule has 2 aromatic heterocycles. The summed E-state index contributed by atoms with van der Waals surface area (Å²) >= 11 is 1.49. The molecular formula is C24H26N4O3S. The molecule has 0 bridgehead atoms. The van der Waals surface area contributed by atoms with Gasteiger partial charge in [-0.05, 0) is 49.7 Å². The number of rotatable bonds is 10. The standard InChI is InChI=1S/C24H26N4O3S/c1-3-30-19-11-9-18(10-12-19)17-22(29)28(16-15-27-14-6-13-25-27)24-26-23-20(31-4-2)7-5-8-21(23)32-24/h5-14H,3-4,15-17H2,1-2H3. The molecule has 166 valence electrons. The molecule has 0 N–H and O–H groups in total. The van der Waals surface area contributed by atoms with Crippen molar-refractivity contribution in [3.8, 4) is 11.5 Å². The Kier molecular flexibility index (Phi) is 7.01. The van der Waals surface area contributed by atoms with Crippen molar-refractivity contribution in [3.05, 3.63) is 66.5 Å². The van der Waals surface area contributed by atoms with E-state index in [1.807, 2.05) is 73.3 Å². The molecule has 7 nitrogen and oxygen atoms in total. The third-order valence-corrected chi connectivity index (χ3v) is 5.95. The van der Waals surface area contributed by atoms with Gasteiger partial charge < -0.3 is 9.47 Å². The molecule has 0 aliphatic heterocycles. The molecule has 0 fully saturated rings. The largest absolute Gasteiger partial charge is 0.494 e. The van der Waals surface area contributed by atoms with Gasteiger partial charge in [-0.15, -0.1) is 0 Å². The number of benzene rings is 2. The molecule has 1 amide bonds. The number of carbonyl (C=O) groups is 1. The summed E-state index contributed by atoms with van der Waals surface area (Å²) < 4.78 is 14.0. The quantitative estimate of drug-likeness (QED) is 0.354. The van der Waals surface area contributed by atoms with E-state index in [9.17, 15) is 4.79 Å². The summed E-state index contributed by atoms with van der Waals surface area (Å²) in [7, 11) is 0. The highest BCUT2D eigenvalue weighted by Crippen LogP contribution is 2.34. The van der Waals surface area contributed by atoms with Crippen LogP contribution in [0.5, 0.6) is 11.5 Å². The maximum Gasteiger partial charge on any atom is 0.233 e. The lowest BCUT2D eigenvalue weighted by Gasteiger charge is -2.20. The fourth-order valence-electron chi connectivity index (χ4n) is 3.40. The van der Waals surface area contributed by atoms with Crippen LogP contribution in [0, 0.1) is 0 Å². The number of carbonyl (C=O) groups excluding carboxylic acids is 1. The van der Waals surface area contributed by atoms with E-state index in [-0.39, 0.29) is 12.3 Å². The van der Waals surface area contributed by atoms with Crippen molar-refractivity contribution in [1.29, 1.82) is 0 Å². The van der Waals surface area contributed by atoms with Gasteiger partial charge in [0.1, 0.15) is 17.0 Å². The summed E-state index contributed by atoms with van der Waals surface area (Å²) in [6, 6.07) is 15.4. The molecule has 0 saturated carbocycles. The molecule has 2 aromatic carbocycles. The minimum atomic E-state index is -0.0154. The highest BCUT2D eigenvalue weighted by Gasteiger charge is 2.21. The number of hydrogen-bond donors (Lipinski definition) is 0. The first kappa shape index (κ1) is 21.8. The summed E-state index contributed by atoms with van der Waals surface area (Å²) in [5.74, 6) is 1.52. The zero-order valence-electron chi connectivity index (χ0n) is 18.2. The van der Waals surface area contributed by atoms with E-state index < -0.39 is 0 Å². The second-order valence-corrected chi connectivity index (χ2v) is 8.11.